The summed E-state index contributed by atoms with van der Waals surface area (Å²) in [5, 5.41) is 3.47. The van der Waals surface area contributed by atoms with Crippen molar-refractivity contribution in [3.63, 3.8) is 0 Å². The highest BCUT2D eigenvalue weighted by Crippen LogP contribution is 2.17. The molecule has 1 aromatic heterocycles. The molecule has 0 aliphatic heterocycles. The van der Waals surface area contributed by atoms with Crippen LogP contribution in [0.2, 0.25) is 0 Å². The van der Waals surface area contributed by atoms with E-state index in [4.69, 9.17) is 0 Å². The van der Waals surface area contributed by atoms with Crippen molar-refractivity contribution in [2.75, 3.05) is 0 Å². The molecule has 1 aliphatic carbocycles. The summed E-state index contributed by atoms with van der Waals surface area (Å²) in [7, 11) is 1.83. The number of nitrogens with zero attached hydrogens (tertiary/aromatic N) is 1. The van der Waals surface area contributed by atoms with Gasteiger partial charge in [-0.15, -0.1) is 0 Å². The molecule has 0 unspecified atom stereocenters. The monoisotopic (exact) mass is 220 g/mol. The van der Waals surface area contributed by atoms with E-state index < -0.39 is 0 Å². The molecular weight excluding hydrogens is 200 g/mol. The van der Waals surface area contributed by atoms with Gasteiger partial charge in [-0.1, -0.05) is 18.9 Å². The molecule has 16 heavy (non-hydrogen) atoms. The Bertz CT molecular complexity index is 416. The first kappa shape index (κ1) is 11.4. The summed E-state index contributed by atoms with van der Waals surface area (Å²) in [6.07, 6.45) is 5.16. The Morgan fingerprint density at radius 3 is 2.75 bits per heavy atom. The van der Waals surface area contributed by atoms with Gasteiger partial charge in [0.05, 0.1) is 0 Å². The van der Waals surface area contributed by atoms with Crippen molar-refractivity contribution in [2.45, 2.75) is 45.2 Å². The number of aryl methyl sites for hydroxylation is 1. The van der Waals surface area contributed by atoms with Gasteiger partial charge in [0.1, 0.15) is 0 Å². The number of aromatic nitrogens is 1. The fourth-order valence-electron chi connectivity index (χ4n) is 2.30. The zero-order valence-electron chi connectivity index (χ0n) is 10.1. The molecule has 1 N–H and O–H groups in total. The average molecular weight is 220 g/mol. The van der Waals surface area contributed by atoms with E-state index in [9.17, 15) is 4.79 Å². The van der Waals surface area contributed by atoms with Crippen LogP contribution in [0, 0.1) is 6.92 Å². The van der Waals surface area contributed by atoms with Gasteiger partial charge >= 0.3 is 0 Å². The van der Waals surface area contributed by atoms with Crippen LogP contribution >= 0.6 is 0 Å². The smallest absolute Gasteiger partial charge is 0.254 e. The number of nitrogens with one attached hydrogen (secondary N) is 1. The number of pyridine rings is 1. The van der Waals surface area contributed by atoms with Gasteiger partial charge in [-0.3, -0.25) is 4.79 Å². The summed E-state index contributed by atoms with van der Waals surface area (Å²) in [6.45, 7) is 2.66. The maximum atomic E-state index is 11.9. The molecule has 0 aromatic carbocycles. The lowest BCUT2D eigenvalue weighted by Gasteiger charge is -2.12. The third kappa shape index (κ3) is 2.35. The molecule has 1 fully saturated rings. The Kier molecular flexibility index (Phi) is 3.44. The Balaban J connectivity index is 2.04. The van der Waals surface area contributed by atoms with Gasteiger partial charge in [0.25, 0.3) is 5.56 Å². The predicted octanol–water partition coefficient (Wildman–Crippen LogP) is 1.73. The minimum Gasteiger partial charge on any atom is -0.316 e. The summed E-state index contributed by atoms with van der Waals surface area (Å²) in [5.74, 6) is 0. The van der Waals surface area contributed by atoms with Gasteiger partial charge in [-0.25, -0.2) is 0 Å². The second kappa shape index (κ2) is 4.83. The lowest BCUT2D eigenvalue weighted by molar-refractivity contribution is 0.520. The lowest BCUT2D eigenvalue weighted by atomic mass is 10.2. The fraction of sp³-hybridized carbons (Fsp3) is 0.615. The molecule has 0 bridgehead atoms. The maximum Gasteiger partial charge on any atom is 0.254 e. The first-order chi connectivity index (χ1) is 7.68. The van der Waals surface area contributed by atoms with Crippen molar-refractivity contribution in [1.29, 1.82) is 0 Å². The average Bonchev–Trinajstić information content (AvgIpc) is 2.78. The Labute approximate surface area is 96.5 Å². The highest BCUT2D eigenvalue weighted by molar-refractivity contribution is 5.15. The van der Waals surface area contributed by atoms with E-state index in [-0.39, 0.29) is 5.56 Å². The van der Waals surface area contributed by atoms with Crippen molar-refractivity contribution in [3.05, 3.63) is 33.7 Å². The Morgan fingerprint density at radius 2 is 2.06 bits per heavy atom. The molecule has 0 radical (unpaired) electrons. The summed E-state index contributed by atoms with van der Waals surface area (Å²) < 4.78 is 1.71. The van der Waals surface area contributed by atoms with Gasteiger partial charge in [0.15, 0.2) is 0 Å². The number of rotatable bonds is 3. The largest absolute Gasteiger partial charge is 0.316 e. The summed E-state index contributed by atoms with van der Waals surface area (Å²) in [4.78, 5) is 11.9. The van der Waals surface area contributed by atoms with E-state index in [0.717, 1.165) is 11.3 Å². The molecule has 2 rings (SSSR count). The van der Waals surface area contributed by atoms with Crippen LogP contribution in [0.3, 0.4) is 0 Å². The van der Waals surface area contributed by atoms with Crippen LogP contribution in [0.1, 0.15) is 36.9 Å². The maximum absolute atomic E-state index is 11.9. The second-order valence-electron chi connectivity index (χ2n) is 4.73. The number of hydrogen-bond acceptors (Lipinski definition) is 2. The first-order valence-corrected chi connectivity index (χ1v) is 6.07. The minimum absolute atomic E-state index is 0.130. The lowest BCUT2D eigenvalue weighted by Crippen LogP contribution is -2.31. The SMILES string of the molecule is Cc1ccc(CNC2CCCC2)c(=O)n1C. The molecule has 0 atom stereocenters. The summed E-state index contributed by atoms with van der Waals surface area (Å²) in [5.41, 5.74) is 2.01. The van der Waals surface area contributed by atoms with Crippen LogP contribution < -0.4 is 10.9 Å². The van der Waals surface area contributed by atoms with Gasteiger partial charge in [-0.2, -0.15) is 0 Å². The molecule has 1 heterocycles. The molecule has 88 valence electrons. The molecule has 1 aromatic rings. The molecule has 0 amide bonds. The van der Waals surface area contributed by atoms with Gasteiger partial charge < -0.3 is 9.88 Å². The van der Waals surface area contributed by atoms with Crippen LogP contribution in [0.15, 0.2) is 16.9 Å². The fourth-order valence-corrected chi connectivity index (χ4v) is 2.30. The zero-order valence-corrected chi connectivity index (χ0v) is 10.1. The quantitative estimate of drug-likeness (QED) is 0.841. The molecular formula is C13H20N2O. The van der Waals surface area contributed by atoms with Gasteiger partial charge in [0, 0.05) is 30.9 Å². The number of hydrogen-bond donors (Lipinski definition) is 1. The molecule has 1 saturated carbocycles. The second-order valence-corrected chi connectivity index (χ2v) is 4.73. The third-order valence-corrected chi connectivity index (χ3v) is 3.57. The van der Waals surface area contributed by atoms with E-state index in [1.165, 1.54) is 25.7 Å². The van der Waals surface area contributed by atoms with Crippen molar-refractivity contribution in [1.82, 2.24) is 9.88 Å². The van der Waals surface area contributed by atoms with Gasteiger partial charge in [0.2, 0.25) is 0 Å². The van der Waals surface area contributed by atoms with E-state index in [1.807, 2.05) is 26.1 Å². The van der Waals surface area contributed by atoms with E-state index in [1.54, 1.807) is 4.57 Å². The normalized spacial score (nSPS) is 16.9. The van der Waals surface area contributed by atoms with Crippen molar-refractivity contribution in [2.24, 2.45) is 7.05 Å². The van der Waals surface area contributed by atoms with Crippen LogP contribution in [-0.4, -0.2) is 10.6 Å². The predicted molar refractivity (Wildman–Crippen MR) is 65.5 cm³/mol. The molecule has 3 nitrogen and oxygen atoms in total. The molecule has 1 aliphatic rings. The highest BCUT2D eigenvalue weighted by atomic mass is 16.1. The van der Waals surface area contributed by atoms with Crippen LogP contribution in [0.5, 0.6) is 0 Å². The third-order valence-electron chi connectivity index (χ3n) is 3.57. The van der Waals surface area contributed by atoms with Crippen molar-refractivity contribution < 1.29 is 0 Å². The molecule has 0 spiro atoms. The standard InChI is InChI=1S/C13H20N2O/c1-10-7-8-11(13(16)15(10)2)9-14-12-5-3-4-6-12/h7-8,12,14H,3-6,9H2,1-2H3. The Hall–Kier alpha value is -1.09. The van der Waals surface area contributed by atoms with Gasteiger partial charge in [-0.05, 0) is 25.8 Å². The first-order valence-electron chi connectivity index (χ1n) is 6.07. The van der Waals surface area contributed by atoms with Crippen LogP contribution in [-0.2, 0) is 13.6 Å². The van der Waals surface area contributed by atoms with E-state index >= 15 is 0 Å². The van der Waals surface area contributed by atoms with Crippen LogP contribution in [0.25, 0.3) is 0 Å². The summed E-state index contributed by atoms with van der Waals surface area (Å²) >= 11 is 0. The molecule has 0 saturated heterocycles. The van der Waals surface area contributed by atoms with Crippen molar-refractivity contribution in [3.8, 4) is 0 Å². The highest BCUT2D eigenvalue weighted by Gasteiger charge is 2.14. The van der Waals surface area contributed by atoms with Crippen LogP contribution in [0.4, 0.5) is 0 Å². The topological polar surface area (TPSA) is 34.0 Å². The molecule has 3 heteroatoms. The zero-order chi connectivity index (χ0) is 11.5. The summed E-state index contributed by atoms with van der Waals surface area (Å²) in [6, 6.07) is 4.57. The van der Waals surface area contributed by atoms with E-state index in [2.05, 4.69) is 5.32 Å². The van der Waals surface area contributed by atoms with Crippen molar-refractivity contribution >= 4 is 0 Å². The van der Waals surface area contributed by atoms with E-state index in [0.29, 0.717) is 12.6 Å². The minimum atomic E-state index is 0.130. The Morgan fingerprint density at radius 1 is 1.38 bits per heavy atom.